The van der Waals surface area contributed by atoms with Crippen molar-refractivity contribution in [1.29, 1.82) is 0 Å². The van der Waals surface area contributed by atoms with Crippen LogP contribution in [0.2, 0.25) is 0 Å². The van der Waals surface area contributed by atoms with Crippen LogP contribution in [0.15, 0.2) is 18.2 Å². The van der Waals surface area contributed by atoms with E-state index in [0.29, 0.717) is 32.2 Å². The van der Waals surface area contributed by atoms with E-state index in [9.17, 15) is 22.0 Å². The number of piperazine rings is 1. The van der Waals surface area contributed by atoms with Crippen LogP contribution in [0.25, 0.3) is 0 Å². The molecule has 146 valence electrons. The highest BCUT2D eigenvalue weighted by Crippen LogP contribution is 2.15. The van der Waals surface area contributed by atoms with Gasteiger partial charge in [-0.15, -0.1) is 0 Å². The van der Waals surface area contributed by atoms with Crippen LogP contribution in [-0.2, 0) is 15.0 Å². The molecular formula is C16H24F2N4O3S. The van der Waals surface area contributed by atoms with Crippen LogP contribution in [0.1, 0.15) is 13.8 Å². The van der Waals surface area contributed by atoms with Crippen LogP contribution >= 0.6 is 0 Å². The third-order valence-electron chi connectivity index (χ3n) is 4.26. The second-order valence-electron chi connectivity index (χ2n) is 5.94. The minimum atomic E-state index is -3.48. The fourth-order valence-electron chi connectivity index (χ4n) is 2.82. The van der Waals surface area contributed by atoms with Crippen LogP contribution in [0.5, 0.6) is 0 Å². The zero-order valence-corrected chi connectivity index (χ0v) is 15.7. The fraction of sp³-hybridized carbons (Fsp3) is 0.562. The standard InChI is InChI=1S/C16H24F2N4O3S/c1-3-21(4-2)26(24,25)22-9-7-20(8-10-22)12-16(23)19-15-6-5-13(17)11-14(15)18/h5-6,11H,3-4,7-10,12H2,1-2H3,(H,19,23). The maximum atomic E-state index is 13.6. The van der Waals surface area contributed by atoms with Gasteiger partial charge in [0, 0.05) is 45.3 Å². The van der Waals surface area contributed by atoms with E-state index in [1.165, 1.54) is 8.61 Å². The predicted octanol–water partition coefficient (Wildman–Crippen LogP) is 1.11. The van der Waals surface area contributed by atoms with E-state index in [1.54, 1.807) is 18.7 Å². The highest BCUT2D eigenvalue weighted by atomic mass is 32.2. The van der Waals surface area contributed by atoms with Gasteiger partial charge in [-0.3, -0.25) is 9.69 Å². The van der Waals surface area contributed by atoms with Gasteiger partial charge in [0.1, 0.15) is 11.6 Å². The van der Waals surface area contributed by atoms with Gasteiger partial charge < -0.3 is 5.32 Å². The number of amides is 1. The summed E-state index contributed by atoms with van der Waals surface area (Å²) in [5, 5.41) is 2.40. The van der Waals surface area contributed by atoms with Gasteiger partial charge in [0.05, 0.1) is 12.2 Å². The molecule has 0 radical (unpaired) electrons. The van der Waals surface area contributed by atoms with Crippen LogP contribution in [0.4, 0.5) is 14.5 Å². The number of hydrogen-bond donors (Lipinski definition) is 1. The highest BCUT2D eigenvalue weighted by molar-refractivity contribution is 7.86. The van der Waals surface area contributed by atoms with Gasteiger partial charge in [0.25, 0.3) is 10.2 Å². The van der Waals surface area contributed by atoms with Gasteiger partial charge >= 0.3 is 0 Å². The second-order valence-corrected chi connectivity index (χ2v) is 7.87. The van der Waals surface area contributed by atoms with Gasteiger partial charge in [-0.2, -0.15) is 17.0 Å². The van der Waals surface area contributed by atoms with Crippen LogP contribution in [0, 0.1) is 11.6 Å². The minimum absolute atomic E-state index is 0.00989. The summed E-state index contributed by atoms with van der Waals surface area (Å²) < 4.78 is 54.2. The quantitative estimate of drug-likeness (QED) is 0.757. The molecule has 0 bridgehead atoms. The van der Waals surface area contributed by atoms with E-state index < -0.39 is 27.8 Å². The number of carbonyl (C=O) groups is 1. The molecule has 1 aromatic rings. The molecule has 0 aromatic heterocycles. The monoisotopic (exact) mass is 390 g/mol. The molecular weight excluding hydrogens is 366 g/mol. The third kappa shape index (κ3) is 4.97. The van der Waals surface area contributed by atoms with Crippen molar-refractivity contribution in [2.24, 2.45) is 0 Å². The van der Waals surface area contributed by atoms with Crippen LogP contribution in [-0.4, -0.2) is 73.6 Å². The first kappa shape index (κ1) is 20.7. The maximum Gasteiger partial charge on any atom is 0.282 e. The molecule has 1 aromatic carbocycles. The van der Waals surface area contributed by atoms with Crippen molar-refractivity contribution in [2.75, 3.05) is 51.1 Å². The van der Waals surface area contributed by atoms with Gasteiger partial charge in [-0.25, -0.2) is 8.78 Å². The topological polar surface area (TPSA) is 73.0 Å². The molecule has 0 saturated carbocycles. The molecule has 1 fully saturated rings. The zero-order chi connectivity index (χ0) is 19.3. The van der Waals surface area contributed by atoms with E-state index in [2.05, 4.69) is 5.32 Å². The normalized spacial score (nSPS) is 16.8. The Morgan fingerprint density at radius 2 is 1.77 bits per heavy atom. The van der Waals surface area contributed by atoms with E-state index in [1.807, 2.05) is 0 Å². The molecule has 10 heteroatoms. The molecule has 2 rings (SSSR count). The largest absolute Gasteiger partial charge is 0.322 e. The van der Waals surface area contributed by atoms with Gasteiger partial charge in [0.15, 0.2) is 0 Å². The van der Waals surface area contributed by atoms with Crippen molar-refractivity contribution >= 4 is 21.8 Å². The molecule has 0 spiro atoms. The van der Waals surface area contributed by atoms with Crippen molar-refractivity contribution in [1.82, 2.24) is 13.5 Å². The Bertz CT molecular complexity index is 733. The number of halogens is 2. The molecule has 0 unspecified atom stereocenters. The Morgan fingerprint density at radius 3 is 2.31 bits per heavy atom. The van der Waals surface area contributed by atoms with Gasteiger partial charge in [-0.1, -0.05) is 13.8 Å². The molecule has 0 aliphatic carbocycles. The summed E-state index contributed by atoms with van der Waals surface area (Å²) >= 11 is 0. The van der Waals surface area contributed by atoms with E-state index in [0.717, 1.165) is 12.1 Å². The lowest BCUT2D eigenvalue weighted by Gasteiger charge is -2.35. The number of hydrogen-bond acceptors (Lipinski definition) is 4. The second kappa shape index (κ2) is 8.85. The summed E-state index contributed by atoms with van der Waals surface area (Å²) in [6, 6.07) is 2.93. The predicted molar refractivity (Wildman–Crippen MR) is 94.8 cm³/mol. The van der Waals surface area contributed by atoms with Crippen molar-refractivity contribution in [3.63, 3.8) is 0 Å². The number of benzene rings is 1. The van der Waals surface area contributed by atoms with Gasteiger partial charge in [0.2, 0.25) is 5.91 Å². The number of nitrogens with one attached hydrogen (secondary N) is 1. The third-order valence-corrected chi connectivity index (χ3v) is 6.45. The first-order chi connectivity index (χ1) is 12.3. The number of rotatable bonds is 7. The molecule has 1 N–H and O–H groups in total. The summed E-state index contributed by atoms with van der Waals surface area (Å²) in [6.45, 7) is 5.78. The molecule has 1 amide bonds. The SMILES string of the molecule is CCN(CC)S(=O)(=O)N1CCN(CC(=O)Nc2ccc(F)cc2F)CC1. The first-order valence-corrected chi connectivity index (χ1v) is 9.90. The van der Waals surface area contributed by atoms with Crippen LogP contribution in [0.3, 0.4) is 0 Å². The first-order valence-electron chi connectivity index (χ1n) is 8.50. The average molecular weight is 390 g/mol. The summed E-state index contributed by atoms with van der Waals surface area (Å²) in [6.07, 6.45) is 0. The smallest absolute Gasteiger partial charge is 0.282 e. The number of anilines is 1. The molecule has 1 saturated heterocycles. The lowest BCUT2D eigenvalue weighted by molar-refractivity contribution is -0.117. The fourth-order valence-corrected chi connectivity index (χ4v) is 4.42. The lowest BCUT2D eigenvalue weighted by Crippen LogP contribution is -2.54. The minimum Gasteiger partial charge on any atom is -0.322 e. The highest BCUT2D eigenvalue weighted by Gasteiger charge is 2.31. The zero-order valence-electron chi connectivity index (χ0n) is 14.9. The van der Waals surface area contributed by atoms with Crippen molar-refractivity contribution < 1.29 is 22.0 Å². The Labute approximate surface area is 152 Å². The number of nitrogens with zero attached hydrogens (tertiary/aromatic N) is 3. The van der Waals surface area contributed by atoms with E-state index in [-0.39, 0.29) is 25.3 Å². The van der Waals surface area contributed by atoms with Crippen LogP contribution < -0.4 is 5.32 Å². The van der Waals surface area contributed by atoms with Crippen molar-refractivity contribution in [3.8, 4) is 0 Å². The van der Waals surface area contributed by atoms with Gasteiger partial charge in [-0.05, 0) is 12.1 Å². The molecule has 0 atom stereocenters. The Balaban J connectivity index is 1.87. The Kier molecular flexibility index (Phi) is 7.04. The Hall–Kier alpha value is -1.62. The average Bonchev–Trinajstić information content (AvgIpc) is 2.59. The van der Waals surface area contributed by atoms with Crippen molar-refractivity contribution in [3.05, 3.63) is 29.8 Å². The van der Waals surface area contributed by atoms with E-state index >= 15 is 0 Å². The summed E-state index contributed by atoms with van der Waals surface area (Å²) in [5.41, 5.74) is -0.0841. The van der Waals surface area contributed by atoms with Crippen molar-refractivity contribution in [2.45, 2.75) is 13.8 Å². The molecule has 1 aliphatic rings. The number of carbonyl (C=O) groups excluding carboxylic acids is 1. The molecule has 1 heterocycles. The molecule has 26 heavy (non-hydrogen) atoms. The molecule has 1 aliphatic heterocycles. The maximum absolute atomic E-state index is 13.6. The summed E-state index contributed by atoms with van der Waals surface area (Å²) in [5.74, 6) is -1.99. The van der Waals surface area contributed by atoms with E-state index in [4.69, 9.17) is 0 Å². The summed E-state index contributed by atoms with van der Waals surface area (Å²) in [4.78, 5) is 13.8. The molecule has 7 nitrogen and oxygen atoms in total. The lowest BCUT2D eigenvalue weighted by atomic mass is 10.3. The summed E-state index contributed by atoms with van der Waals surface area (Å²) in [7, 11) is -3.48. The Morgan fingerprint density at radius 1 is 1.15 bits per heavy atom.